The van der Waals surface area contributed by atoms with E-state index in [0.29, 0.717) is 18.0 Å². The molecule has 1 aliphatic heterocycles. The van der Waals surface area contributed by atoms with Crippen molar-refractivity contribution in [1.29, 1.82) is 0 Å². The molecule has 2 rings (SSSR count). The molecule has 9 heteroatoms. The third-order valence-electron chi connectivity index (χ3n) is 3.42. The van der Waals surface area contributed by atoms with Crippen molar-refractivity contribution in [1.82, 2.24) is 15.5 Å². The van der Waals surface area contributed by atoms with Crippen molar-refractivity contribution in [3.8, 4) is 0 Å². The highest BCUT2D eigenvalue weighted by Gasteiger charge is 2.13. The number of carbonyl (C=O) groups is 1. The lowest BCUT2D eigenvalue weighted by Crippen LogP contribution is -2.47. The van der Waals surface area contributed by atoms with Gasteiger partial charge < -0.3 is 10.6 Å². The molecule has 0 bridgehead atoms. The van der Waals surface area contributed by atoms with E-state index in [1.54, 1.807) is 24.3 Å². The summed E-state index contributed by atoms with van der Waals surface area (Å²) in [5, 5.41) is 6.09. The van der Waals surface area contributed by atoms with E-state index in [-0.39, 0.29) is 30.7 Å². The van der Waals surface area contributed by atoms with E-state index in [1.165, 1.54) is 6.26 Å². The predicted octanol–water partition coefficient (Wildman–Crippen LogP) is 0.455. The highest BCUT2D eigenvalue weighted by Crippen LogP contribution is 2.10. The summed E-state index contributed by atoms with van der Waals surface area (Å²) < 4.78 is 22.7. The Balaban J connectivity index is 0.00000242. The molecule has 1 saturated heterocycles. The molecule has 1 aromatic carbocycles. The van der Waals surface area contributed by atoms with Crippen molar-refractivity contribution in [2.24, 2.45) is 0 Å². The number of amides is 1. The topological polar surface area (TPSA) is 78.5 Å². The van der Waals surface area contributed by atoms with Crippen molar-refractivity contribution >= 4 is 40.6 Å². The normalized spacial score (nSPS) is 15.2. The molecule has 1 aromatic rings. The molecule has 132 valence electrons. The van der Waals surface area contributed by atoms with Crippen LogP contribution in [0.5, 0.6) is 0 Å². The highest BCUT2D eigenvalue weighted by molar-refractivity contribution is 7.90. The summed E-state index contributed by atoms with van der Waals surface area (Å²) in [6, 6.07) is 6.57. The molecule has 1 aliphatic rings. The largest absolute Gasteiger partial charge is 0.351 e. The van der Waals surface area contributed by atoms with Crippen LogP contribution < -0.4 is 10.6 Å². The Morgan fingerprint density at radius 3 is 2.26 bits per heavy atom. The molecule has 6 nitrogen and oxygen atoms in total. The zero-order valence-corrected chi connectivity index (χ0v) is 15.4. The standard InChI is InChI=1S/C14H21N3O3S.2ClH/c1-21(19,20)13-4-2-12(3-5-13)10-16-14(18)11-17-8-6-15-7-9-17;;/h2-5,15H,6-11H2,1H3,(H,16,18);2*1H. The molecular formula is C14H23Cl2N3O3S. The van der Waals surface area contributed by atoms with Crippen LogP contribution in [0.2, 0.25) is 0 Å². The maximum absolute atomic E-state index is 11.8. The lowest BCUT2D eigenvalue weighted by Gasteiger charge is -2.26. The fourth-order valence-electron chi connectivity index (χ4n) is 2.18. The Morgan fingerprint density at radius 2 is 1.74 bits per heavy atom. The Labute approximate surface area is 149 Å². The number of benzene rings is 1. The Bertz CT molecular complexity index is 588. The van der Waals surface area contributed by atoms with Crippen LogP contribution >= 0.6 is 24.8 Å². The van der Waals surface area contributed by atoms with Crippen LogP contribution in [0.1, 0.15) is 5.56 Å². The van der Waals surface area contributed by atoms with Crippen LogP contribution in [0.15, 0.2) is 29.2 Å². The van der Waals surface area contributed by atoms with Crippen molar-refractivity contribution < 1.29 is 13.2 Å². The smallest absolute Gasteiger partial charge is 0.234 e. The van der Waals surface area contributed by atoms with E-state index < -0.39 is 9.84 Å². The number of hydrogen-bond acceptors (Lipinski definition) is 5. The van der Waals surface area contributed by atoms with Crippen LogP contribution in [0.4, 0.5) is 0 Å². The molecule has 1 heterocycles. The van der Waals surface area contributed by atoms with Gasteiger partial charge in [0.2, 0.25) is 5.91 Å². The van der Waals surface area contributed by atoms with Gasteiger partial charge in [-0.15, -0.1) is 24.8 Å². The average Bonchev–Trinajstić information content (AvgIpc) is 2.46. The van der Waals surface area contributed by atoms with Gasteiger partial charge in [-0.25, -0.2) is 8.42 Å². The van der Waals surface area contributed by atoms with Crippen molar-refractivity contribution in [2.75, 3.05) is 39.0 Å². The molecule has 0 saturated carbocycles. The number of carbonyl (C=O) groups excluding carboxylic acids is 1. The Hall–Kier alpha value is -0.860. The first kappa shape index (κ1) is 22.1. The summed E-state index contributed by atoms with van der Waals surface area (Å²) in [6.07, 6.45) is 1.18. The van der Waals surface area contributed by atoms with Gasteiger partial charge in [0.15, 0.2) is 9.84 Å². The van der Waals surface area contributed by atoms with Crippen LogP contribution in [-0.2, 0) is 21.2 Å². The van der Waals surface area contributed by atoms with Gasteiger partial charge in [0.05, 0.1) is 11.4 Å². The molecule has 23 heavy (non-hydrogen) atoms. The summed E-state index contributed by atoms with van der Waals surface area (Å²) in [7, 11) is -3.17. The van der Waals surface area contributed by atoms with E-state index in [1.807, 2.05) is 0 Å². The average molecular weight is 384 g/mol. The quantitative estimate of drug-likeness (QED) is 0.771. The fraction of sp³-hybridized carbons (Fsp3) is 0.500. The number of sulfone groups is 1. The van der Waals surface area contributed by atoms with Gasteiger partial charge in [-0.05, 0) is 17.7 Å². The van der Waals surface area contributed by atoms with E-state index in [0.717, 1.165) is 31.7 Å². The van der Waals surface area contributed by atoms with Crippen molar-refractivity contribution in [3.05, 3.63) is 29.8 Å². The van der Waals surface area contributed by atoms with E-state index in [4.69, 9.17) is 0 Å². The van der Waals surface area contributed by atoms with Gasteiger partial charge in [-0.1, -0.05) is 12.1 Å². The molecule has 0 aromatic heterocycles. The van der Waals surface area contributed by atoms with Crippen LogP contribution in [0, 0.1) is 0 Å². The van der Waals surface area contributed by atoms with E-state index >= 15 is 0 Å². The SMILES string of the molecule is CS(=O)(=O)c1ccc(CNC(=O)CN2CCNCC2)cc1.Cl.Cl. The predicted molar refractivity (Wildman–Crippen MR) is 95.2 cm³/mol. The highest BCUT2D eigenvalue weighted by atomic mass is 35.5. The van der Waals surface area contributed by atoms with Crippen LogP contribution in [-0.4, -0.2) is 58.2 Å². The summed E-state index contributed by atoms with van der Waals surface area (Å²) in [5.41, 5.74) is 0.885. The molecule has 1 amide bonds. The molecule has 0 aliphatic carbocycles. The minimum Gasteiger partial charge on any atom is -0.351 e. The summed E-state index contributed by atoms with van der Waals surface area (Å²) >= 11 is 0. The van der Waals surface area contributed by atoms with Gasteiger partial charge in [0.1, 0.15) is 0 Å². The number of piperazine rings is 1. The van der Waals surface area contributed by atoms with Crippen molar-refractivity contribution in [2.45, 2.75) is 11.4 Å². The molecule has 1 fully saturated rings. The monoisotopic (exact) mass is 383 g/mol. The number of rotatable bonds is 5. The third-order valence-corrected chi connectivity index (χ3v) is 4.55. The number of halogens is 2. The lowest BCUT2D eigenvalue weighted by molar-refractivity contribution is -0.122. The van der Waals surface area contributed by atoms with Crippen LogP contribution in [0.3, 0.4) is 0 Å². The summed E-state index contributed by atoms with van der Waals surface area (Å²) in [6.45, 7) is 4.42. The lowest BCUT2D eigenvalue weighted by atomic mass is 10.2. The van der Waals surface area contributed by atoms with Crippen LogP contribution in [0.25, 0.3) is 0 Å². The van der Waals surface area contributed by atoms with E-state index in [9.17, 15) is 13.2 Å². The maximum atomic E-state index is 11.8. The molecule has 0 radical (unpaired) electrons. The minimum absolute atomic E-state index is 0. The first-order valence-corrected chi connectivity index (χ1v) is 8.83. The second-order valence-electron chi connectivity index (χ2n) is 5.22. The minimum atomic E-state index is -3.17. The van der Waals surface area contributed by atoms with Gasteiger partial charge in [0.25, 0.3) is 0 Å². The molecule has 0 atom stereocenters. The maximum Gasteiger partial charge on any atom is 0.234 e. The fourth-order valence-corrected chi connectivity index (χ4v) is 2.81. The van der Waals surface area contributed by atoms with Gasteiger partial charge in [-0.2, -0.15) is 0 Å². The van der Waals surface area contributed by atoms with Gasteiger partial charge in [0, 0.05) is 39.0 Å². The zero-order valence-electron chi connectivity index (χ0n) is 12.9. The summed E-state index contributed by atoms with van der Waals surface area (Å²) in [5.74, 6) is -0.0101. The Morgan fingerprint density at radius 1 is 1.17 bits per heavy atom. The third kappa shape index (κ3) is 7.50. The Kier molecular flexibility index (Phi) is 9.72. The van der Waals surface area contributed by atoms with E-state index in [2.05, 4.69) is 15.5 Å². The molecule has 0 spiro atoms. The van der Waals surface area contributed by atoms with Crippen molar-refractivity contribution in [3.63, 3.8) is 0 Å². The molecular weight excluding hydrogens is 361 g/mol. The zero-order chi connectivity index (χ0) is 15.3. The first-order chi connectivity index (χ1) is 9.95. The first-order valence-electron chi connectivity index (χ1n) is 6.94. The second-order valence-corrected chi connectivity index (χ2v) is 7.23. The molecule has 2 N–H and O–H groups in total. The number of nitrogens with zero attached hydrogens (tertiary/aromatic N) is 1. The number of hydrogen-bond donors (Lipinski definition) is 2. The molecule has 0 unspecified atom stereocenters. The second kappa shape index (κ2) is 10.1. The van der Waals surface area contributed by atoms with Gasteiger partial charge in [-0.3, -0.25) is 9.69 Å². The number of nitrogens with one attached hydrogen (secondary N) is 2. The summed E-state index contributed by atoms with van der Waals surface area (Å²) in [4.78, 5) is 14.2. The van der Waals surface area contributed by atoms with Gasteiger partial charge >= 0.3 is 0 Å².